The quantitative estimate of drug-likeness (QED) is 0.271. The van der Waals surface area contributed by atoms with Gasteiger partial charge in [-0.3, -0.25) is 0 Å². The zero-order chi connectivity index (χ0) is 21.2. The van der Waals surface area contributed by atoms with Gasteiger partial charge in [-0.1, -0.05) is 54.6 Å². The summed E-state index contributed by atoms with van der Waals surface area (Å²) >= 11 is 0. The van der Waals surface area contributed by atoms with Crippen LogP contribution in [-0.4, -0.2) is 40.3 Å². The second kappa shape index (κ2) is 10.6. The highest BCUT2D eigenvalue weighted by molar-refractivity contribution is 5.50. The minimum atomic E-state index is -0.871. The van der Waals surface area contributed by atoms with E-state index in [4.69, 9.17) is 18.9 Å². The van der Waals surface area contributed by atoms with Gasteiger partial charge in [0.1, 0.15) is 30.0 Å². The number of aldehydes is 1. The molecule has 0 radical (unpaired) electrons. The molecule has 30 heavy (non-hydrogen) atoms. The highest BCUT2D eigenvalue weighted by Crippen LogP contribution is 2.41. The molecule has 5 heteroatoms. The Hall–Kier alpha value is -3.15. The van der Waals surface area contributed by atoms with Gasteiger partial charge in [-0.2, -0.15) is 0 Å². The van der Waals surface area contributed by atoms with E-state index < -0.39 is 5.60 Å². The molecule has 0 bridgehead atoms. The lowest BCUT2D eigenvalue weighted by Crippen LogP contribution is -2.34. The van der Waals surface area contributed by atoms with Crippen molar-refractivity contribution in [3.8, 4) is 11.5 Å². The van der Waals surface area contributed by atoms with Gasteiger partial charge in [0, 0.05) is 0 Å². The van der Waals surface area contributed by atoms with Crippen LogP contribution in [0.4, 0.5) is 0 Å². The van der Waals surface area contributed by atoms with Crippen LogP contribution in [0.2, 0.25) is 0 Å². The van der Waals surface area contributed by atoms with E-state index in [1.807, 2.05) is 78.9 Å². The fourth-order valence-electron chi connectivity index (χ4n) is 3.46. The molecule has 0 aliphatic carbocycles. The van der Waals surface area contributed by atoms with Crippen LogP contribution in [0, 0.1) is 0 Å². The van der Waals surface area contributed by atoms with Crippen LogP contribution in [0.15, 0.2) is 78.9 Å². The van der Waals surface area contributed by atoms with Crippen LogP contribution >= 0.6 is 0 Å². The van der Waals surface area contributed by atoms with Gasteiger partial charge < -0.3 is 23.7 Å². The summed E-state index contributed by atoms with van der Waals surface area (Å²) in [5.74, 6) is 1.54. The standard InChI is InChI=1S/C25H26O5/c1-27-23-12-8-21(9-13-23)25(20-6-4-3-5-7-20,30-19-18-29-17-16-26)22-10-14-24(28-2)15-11-22/h3-16H,17-19H2,1-2H3. The van der Waals surface area contributed by atoms with Gasteiger partial charge in [-0.05, 0) is 41.0 Å². The van der Waals surface area contributed by atoms with E-state index in [1.54, 1.807) is 14.2 Å². The maximum Gasteiger partial charge on any atom is 0.145 e. The first-order valence-electron chi connectivity index (χ1n) is 9.74. The number of rotatable bonds is 11. The summed E-state index contributed by atoms with van der Waals surface area (Å²) in [6, 6.07) is 25.7. The summed E-state index contributed by atoms with van der Waals surface area (Å²) in [7, 11) is 3.29. The van der Waals surface area contributed by atoms with E-state index in [0.29, 0.717) is 13.2 Å². The van der Waals surface area contributed by atoms with Gasteiger partial charge in [0.15, 0.2) is 0 Å². The molecule has 3 aromatic carbocycles. The third-order valence-electron chi connectivity index (χ3n) is 4.91. The van der Waals surface area contributed by atoms with Crippen molar-refractivity contribution in [1.82, 2.24) is 0 Å². The molecule has 3 rings (SSSR count). The van der Waals surface area contributed by atoms with Gasteiger partial charge in [0.25, 0.3) is 0 Å². The third kappa shape index (κ3) is 4.70. The smallest absolute Gasteiger partial charge is 0.145 e. The summed E-state index contributed by atoms with van der Waals surface area (Å²) in [6.45, 7) is 0.660. The molecule has 0 aliphatic heterocycles. The highest BCUT2D eigenvalue weighted by atomic mass is 16.5. The molecular weight excluding hydrogens is 380 g/mol. The van der Waals surface area contributed by atoms with Crippen LogP contribution in [0.1, 0.15) is 16.7 Å². The van der Waals surface area contributed by atoms with Gasteiger partial charge in [0.05, 0.1) is 27.4 Å². The summed E-state index contributed by atoms with van der Waals surface area (Å²) in [6.07, 6.45) is 0.734. The van der Waals surface area contributed by atoms with E-state index in [9.17, 15) is 4.79 Å². The molecular formula is C25H26O5. The fraction of sp³-hybridized carbons (Fsp3) is 0.240. The van der Waals surface area contributed by atoms with Crippen LogP contribution in [0.25, 0.3) is 0 Å². The minimum absolute atomic E-state index is 0.0484. The van der Waals surface area contributed by atoms with E-state index in [2.05, 4.69) is 0 Å². The Balaban J connectivity index is 2.11. The largest absolute Gasteiger partial charge is 0.497 e. The van der Waals surface area contributed by atoms with Crippen LogP contribution < -0.4 is 9.47 Å². The average molecular weight is 406 g/mol. The van der Waals surface area contributed by atoms with Gasteiger partial charge in [-0.25, -0.2) is 0 Å². The van der Waals surface area contributed by atoms with E-state index in [-0.39, 0.29) is 6.61 Å². The number of carbonyl (C=O) groups is 1. The minimum Gasteiger partial charge on any atom is -0.497 e. The van der Waals surface area contributed by atoms with E-state index in [1.165, 1.54) is 0 Å². The zero-order valence-electron chi connectivity index (χ0n) is 17.2. The Bertz CT molecular complexity index is 857. The second-order valence-corrected chi connectivity index (χ2v) is 6.59. The molecule has 0 heterocycles. The maximum atomic E-state index is 10.6. The summed E-state index contributed by atoms with van der Waals surface area (Å²) < 4.78 is 22.6. The number of carbonyl (C=O) groups excluding carboxylic acids is 1. The topological polar surface area (TPSA) is 54.0 Å². The Kier molecular flexibility index (Phi) is 7.60. The summed E-state index contributed by atoms with van der Waals surface area (Å²) in [5.41, 5.74) is 2.02. The number of hydrogen-bond acceptors (Lipinski definition) is 5. The monoisotopic (exact) mass is 406 g/mol. The molecule has 0 spiro atoms. The predicted molar refractivity (Wildman–Crippen MR) is 115 cm³/mol. The number of benzene rings is 3. The first-order chi connectivity index (χ1) is 14.7. The molecule has 0 saturated heterocycles. The molecule has 0 aliphatic rings. The lowest BCUT2D eigenvalue weighted by atomic mass is 9.80. The van der Waals surface area contributed by atoms with Gasteiger partial charge in [0.2, 0.25) is 0 Å². The van der Waals surface area contributed by atoms with E-state index >= 15 is 0 Å². The Morgan fingerprint density at radius 2 is 1.20 bits per heavy atom. The lowest BCUT2D eigenvalue weighted by Gasteiger charge is -2.36. The van der Waals surface area contributed by atoms with Crippen molar-refractivity contribution >= 4 is 6.29 Å². The predicted octanol–water partition coefficient (Wildman–Crippen LogP) is 4.23. The van der Waals surface area contributed by atoms with Crippen molar-refractivity contribution in [3.63, 3.8) is 0 Å². The summed E-state index contributed by atoms with van der Waals surface area (Å²) in [4.78, 5) is 10.6. The molecule has 0 N–H and O–H groups in total. The first kappa shape index (κ1) is 21.6. The molecule has 3 aromatic rings. The molecule has 0 amide bonds. The van der Waals surface area contributed by atoms with Crippen LogP contribution in [0.5, 0.6) is 11.5 Å². The third-order valence-corrected chi connectivity index (χ3v) is 4.91. The first-order valence-corrected chi connectivity index (χ1v) is 9.74. The fourth-order valence-corrected chi connectivity index (χ4v) is 3.46. The second-order valence-electron chi connectivity index (χ2n) is 6.59. The molecule has 0 aromatic heterocycles. The van der Waals surface area contributed by atoms with Crippen molar-refractivity contribution in [2.75, 3.05) is 34.0 Å². The van der Waals surface area contributed by atoms with Gasteiger partial charge in [-0.15, -0.1) is 0 Å². The van der Waals surface area contributed by atoms with Crippen LogP contribution in [-0.2, 0) is 19.9 Å². The SMILES string of the molecule is COc1ccc(C(OCCOCC=O)(c2ccccc2)c2ccc(OC)cc2)cc1. The Morgan fingerprint density at radius 1 is 0.700 bits per heavy atom. The van der Waals surface area contributed by atoms with Crippen molar-refractivity contribution < 1.29 is 23.7 Å². The molecule has 156 valence electrons. The van der Waals surface area contributed by atoms with Crippen molar-refractivity contribution in [3.05, 3.63) is 95.6 Å². The normalized spacial score (nSPS) is 11.1. The van der Waals surface area contributed by atoms with Crippen molar-refractivity contribution in [1.29, 1.82) is 0 Å². The summed E-state index contributed by atoms with van der Waals surface area (Å²) in [5, 5.41) is 0. The average Bonchev–Trinajstić information content (AvgIpc) is 2.82. The lowest BCUT2D eigenvalue weighted by molar-refractivity contribution is -0.113. The molecule has 0 atom stereocenters. The molecule has 0 saturated carbocycles. The zero-order valence-corrected chi connectivity index (χ0v) is 17.2. The molecule has 0 unspecified atom stereocenters. The number of ether oxygens (including phenoxy) is 4. The highest BCUT2D eigenvalue weighted by Gasteiger charge is 2.37. The van der Waals surface area contributed by atoms with Gasteiger partial charge >= 0.3 is 0 Å². The Labute approximate surface area is 177 Å². The van der Waals surface area contributed by atoms with Crippen molar-refractivity contribution in [2.45, 2.75) is 5.60 Å². The Morgan fingerprint density at radius 3 is 1.67 bits per heavy atom. The molecule has 5 nitrogen and oxygen atoms in total. The number of methoxy groups -OCH3 is 2. The van der Waals surface area contributed by atoms with Crippen molar-refractivity contribution in [2.24, 2.45) is 0 Å². The van der Waals surface area contributed by atoms with Crippen LogP contribution in [0.3, 0.4) is 0 Å². The number of hydrogen-bond donors (Lipinski definition) is 0. The van der Waals surface area contributed by atoms with E-state index in [0.717, 1.165) is 34.5 Å². The maximum absolute atomic E-state index is 10.6. The molecule has 0 fully saturated rings.